The molecule has 2 rings (SSSR count). The van der Waals surface area contributed by atoms with Gasteiger partial charge in [0.1, 0.15) is 0 Å². The van der Waals surface area contributed by atoms with E-state index in [2.05, 4.69) is 0 Å². The van der Waals surface area contributed by atoms with Gasteiger partial charge in [0.15, 0.2) is 0 Å². The summed E-state index contributed by atoms with van der Waals surface area (Å²) in [6.07, 6.45) is 5.31. The smallest absolute Gasteiger partial charge is 0.282 e. The van der Waals surface area contributed by atoms with E-state index in [1.807, 2.05) is 44.2 Å². The summed E-state index contributed by atoms with van der Waals surface area (Å²) in [5.74, 6) is 0. The van der Waals surface area contributed by atoms with Crippen molar-refractivity contribution < 1.29 is 13.0 Å². The molecule has 0 heterocycles. The molecule has 0 aromatic heterocycles. The number of fused-ring (bicyclic) bond motifs is 1. The van der Waals surface area contributed by atoms with Gasteiger partial charge in [0.05, 0.1) is 4.91 Å². The quantitative estimate of drug-likeness (QED) is 0.780. The van der Waals surface area contributed by atoms with Crippen LogP contribution in [0.25, 0.3) is 12.2 Å². The number of hydrogen-bond donors (Lipinski definition) is 1. The number of rotatable bonds is 1. The molecular formula is C13H16O3S. The lowest BCUT2D eigenvalue weighted by molar-refractivity contribution is 0.490. The zero-order valence-corrected chi connectivity index (χ0v) is 10.7. The highest BCUT2D eigenvalue weighted by atomic mass is 32.2. The van der Waals surface area contributed by atoms with Crippen molar-refractivity contribution in [3.63, 3.8) is 0 Å². The normalized spacial score (nSPS) is 13.9. The molecule has 92 valence electrons. The van der Waals surface area contributed by atoms with Gasteiger partial charge in [-0.1, -0.05) is 50.3 Å². The molecule has 0 fully saturated rings. The Bertz CT molecular complexity index is 540. The Morgan fingerprint density at radius 1 is 1.12 bits per heavy atom. The Labute approximate surface area is 102 Å². The van der Waals surface area contributed by atoms with Gasteiger partial charge in [-0.25, -0.2) is 0 Å². The zero-order valence-electron chi connectivity index (χ0n) is 9.92. The summed E-state index contributed by atoms with van der Waals surface area (Å²) >= 11 is 0. The molecule has 1 aliphatic rings. The van der Waals surface area contributed by atoms with E-state index >= 15 is 0 Å². The minimum absolute atomic E-state index is 0.0312. The maximum absolute atomic E-state index is 11.0. The maximum Gasteiger partial charge on any atom is 0.290 e. The molecule has 0 radical (unpaired) electrons. The molecule has 3 nitrogen and oxygen atoms in total. The first-order valence-electron chi connectivity index (χ1n) is 5.51. The van der Waals surface area contributed by atoms with Gasteiger partial charge in [0.2, 0.25) is 0 Å². The third-order valence-electron chi connectivity index (χ3n) is 2.26. The molecule has 1 aromatic rings. The summed E-state index contributed by atoms with van der Waals surface area (Å²) in [5.41, 5.74) is 1.76. The molecule has 0 saturated heterocycles. The van der Waals surface area contributed by atoms with Crippen molar-refractivity contribution in [2.24, 2.45) is 0 Å². The molecule has 4 heteroatoms. The van der Waals surface area contributed by atoms with Crippen LogP contribution in [0.5, 0.6) is 0 Å². The van der Waals surface area contributed by atoms with Gasteiger partial charge in [-0.15, -0.1) is 0 Å². The van der Waals surface area contributed by atoms with Crippen LogP contribution in [0, 0.1) is 0 Å². The Kier molecular flexibility index (Phi) is 4.66. The average Bonchev–Trinajstić information content (AvgIpc) is 2.53. The van der Waals surface area contributed by atoms with Crippen LogP contribution in [-0.2, 0) is 10.1 Å². The number of benzene rings is 1. The van der Waals surface area contributed by atoms with Crippen molar-refractivity contribution in [3.05, 3.63) is 46.4 Å². The Balaban J connectivity index is 0.000000686. The standard InChI is InChI=1S/C11H10O3S.C2H6/c12-15(13,14)11-7-3-6-9-4-1-2-5-10(9)8-11;1-2/h1-6,8H,7H2,(H,12,13,14);1-2H3. The molecule has 1 aromatic carbocycles. The predicted molar refractivity (Wildman–Crippen MR) is 71.0 cm³/mol. The molecule has 0 amide bonds. The van der Waals surface area contributed by atoms with E-state index in [1.54, 1.807) is 6.08 Å². The van der Waals surface area contributed by atoms with E-state index in [4.69, 9.17) is 4.55 Å². The number of hydrogen-bond acceptors (Lipinski definition) is 2. The highest BCUT2D eigenvalue weighted by molar-refractivity contribution is 7.90. The van der Waals surface area contributed by atoms with Gasteiger partial charge in [0.25, 0.3) is 10.1 Å². The summed E-state index contributed by atoms with van der Waals surface area (Å²) in [7, 11) is -4.08. The van der Waals surface area contributed by atoms with E-state index in [0.29, 0.717) is 0 Å². The first-order chi connectivity index (χ1) is 8.07. The zero-order chi connectivity index (χ0) is 12.9. The summed E-state index contributed by atoms with van der Waals surface area (Å²) < 4.78 is 31.0. The van der Waals surface area contributed by atoms with Gasteiger partial charge in [-0.2, -0.15) is 8.42 Å². The summed E-state index contributed by atoms with van der Waals surface area (Å²) in [6.45, 7) is 4.00. The lowest BCUT2D eigenvalue weighted by Gasteiger charge is -2.00. The van der Waals surface area contributed by atoms with E-state index in [0.717, 1.165) is 11.1 Å². The highest BCUT2D eigenvalue weighted by Crippen LogP contribution is 2.23. The van der Waals surface area contributed by atoms with Crippen LogP contribution in [0.1, 0.15) is 31.4 Å². The molecular weight excluding hydrogens is 236 g/mol. The van der Waals surface area contributed by atoms with Crippen molar-refractivity contribution >= 4 is 22.3 Å². The summed E-state index contributed by atoms with van der Waals surface area (Å²) in [4.78, 5) is 0.0312. The second kappa shape index (κ2) is 5.80. The van der Waals surface area contributed by atoms with Crippen LogP contribution in [0.4, 0.5) is 0 Å². The van der Waals surface area contributed by atoms with Crippen LogP contribution < -0.4 is 0 Å². The lowest BCUT2D eigenvalue weighted by atomic mass is 10.1. The van der Waals surface area contributed by atoms with Crippen LogP contribution in [0.3, 0.4) is 0 Å². The van der Waals surface area contributed by atoms with E-state index in [-0.39, 0.29) is 11.3 Å². The molecule has 0 saturated carbocycles. The van der Waals surface area contributed by atoms with Crippen molar-refractivity contribution in [2.75, 3.05) is 0 Å². The average molecular weight is 252 g/mol. The van der Waals surface area contributed by atoms with E-state index < -0.39 is 10.1 Å². The van der Waals surface area contributed by atoms with Gasteiger partial charge < -0.3 is 0 Å². The summed E-state index contributed by atoms with van der Waals surface area (Å²) in [6, 6.07) is 7.43. The Morgan fingerprint density at radius 2 is 1.71 bits per heavy atom. The second-order valence-corrected chi connectivity index (χ2v) is 4.80. The highest BCUT2D eigenvalue weighted by Gasteiger charge is 2.14. The Hall–Kier alpha value is -1.39. The van der Waals surface area contributed by atoms with Gasteiger partial charge >= 0.3 is 0 Å². The maximum atomic E-state index is 11.0. The third-order valence-corrected chi connectivity index (χ3v) is 3.21. The third kappa shape index (κ3) is 3.54. The fourth-order valence-corrected chi connectivity index (χ4v) is 2.09. The fraction of sp³-hybridized carbons (Fsp3) is 0.231. The first-order valence-corrected chi connectivity index (χ1v) is 6.95. The lowest BCUT2D eigenvalue weighted by Crippen LogP contribution is -2.00. The number of allylic oxidation sites excluding steroid dienone is 2. The second-order valence-electron chi connectivity index (χ2n) is 3.32. The van der Waals surface area contributed by atoms with Gasteiger partial charge in [0, 0.05) is 6.42 Å². The van der Waals surface area contributed by atoms with Crippen molar-refractivity contribution in [2.45, 2.75) is 20.3 Å². The minimum atomic E-state index is -4.08. The predicted octanol–water partition coefficient (Wildman–Crippen LogP) is 3.36. The molecule has 0 bridgehead atoms. The molecule has 0 spiro atoms. The monoisotopic (exact) mass is 252 g/mol. The minimum Gasteiger partial charge on any atom is -0.282 e. The van der Waals surface area contributed by atoms with Crippen LogP contribution in [-0.4, -0.2) is 13.0 Å². The van der Waals surface area contributed by atoms with Crippen molar-refractivity contribution in [1.82, 2.24) is 0 Å². The van der Waals surface area contributed by atoms with Crippen molar-refractivity contribution in [3.8, 4) is 0 Å². The summed E-state index contributed by atoms with van der Waals surface area (Å²) in [5, 5.41) is 0. The molecule has 0 aliphatic heterocycles. The fourth-order valence-electron chi connectivity index (χ4n) is 1.51. The first kappa shape index (κ1) is 13.7. The topological polar surface area (TPSA) is 54.4 Å². The largest absolute Gasteiger partial charge is 0.290 e. The van der Waals surface area contributed by atoms with E-state index in [1.165, 1.54) is 6.08 Å². The molecule has 0 atom stereocenters. The molecule has 1 aliphatic carbocycles. The van der Waals surface area contributed by atoms with Crippen molar-refractivity contribution in [1.29, 1.82) is 0 Å². The van der Waals surface area contributed by atoms with Crippen LogP contribution >= 0.6 is 0 Å². The SMILES string of the molecule is CC.O=S(=O)(O)C1=Cc2ccccc2C=CC1. The van der Waals surface area contributed by atoms with Crippen LogP contribution in [0.15, 0.2) is 35.2 Å². The molecule has 17 heavy (non-hydrogen) atoms. The molecule has 0 unspecified atom stereocenters. The van der Waals surface area contributed by atoms with E-state index in [9.17, 15) is 8.42 Å². The Morgan fingerprint density at radius 3 is 2.29 bits per heavy atom. The molecule has 1 N–H and O–H groups in total. The van der Waals surface area contributed by atoms with Gasteiger partial charge in [-0.3, -0.25) is 4.55 Å². The van der Waals surface area contributed by atoms with Crippen LogP contribution in [0.2, 0.25) is 0 Å². The van der Waals surface area contributed by atoms with Gasteiger partial charge in [-0.05, 0) is 17.2 Å².